The van der Waals surface area contributed by atoms with E-state index in [1.807, 2.05) is 4.90 Å². The van der Waals surface area contributed by atoms with Gasteiger partial charge in [-0.15, -0.1) is 0 Å². The maximum Gasteiger partial charge on any atom is 0.340 e. The Kier molecular flexibility index (Phi) is 4.32. The zero-order valence-corrected chi connectivity index (χ0v) is 17.0. The first-order chi connectivity index (χ1) is 14.4. The second-order valence-electron chi connectivity index (χ2n) is 10.5. The number of carboxylic acid groups (broad SMARTS) is 1. The maximum atomic E-state index is 14.9. The lowest BCUT2D eigenvalue weighted by Gasteiger charge is -2.59. The van der Waals surface area contributed by atoms with Gasteiger partial charge in [0.25, 0.3) is 0 Å². The minimum absolute atomic E-state index is 0.0542. The number of Topliss-reactive ketones (excluding diaryl/α,β-unsaturated/α-hetero) is 1. The van der Waals surface area contributed by atoms with Gasteiger partial charge in [0.2, 0.25) is 0 Å². The molecule has 0 aromatic rings. The molecule has 5 fully saturated rings. The number of hydrogen-bond acceptors (Lipinski definition) is 4. The number of morpholine rings is 1. The molecule has 30 heavy (non-hydrogen) atoms. The van der Waals surface area contributed by atoms with Crippen molar-refractivity contribution in [2.24, 2.45) is 29.6 Å². The van der Waals surface area contributed by atoms with Gasteiger partial charge in [-0.1, -0.05) is 19.3 Å². The van der Waals surface area contributed by atoms with E-state index in [4.69, 9.17) is 4.74 Å². The molecule has 7 heteroatoms. The Bertz CT molecular complexity index is 802. The molecule has 0 aromatic heterocycles. The molecule has 2 aliphatic heterocycles. The van der Waals surface area contributed by atoms with E-state index in [0.29, 0.717) is 11.8 Å². The summed E-state index contributed by atoms with van der Waals surface area (Å²) in [6.07, 6.45) is 4.47. The molecule has 4 saturated carbocycles. The van der Waals surface area contributed by atoms with Crippen molar-refractivity contribution < 1.29 is 28.2 Å². The Morgan fingerprint density at radius 1 is 1.07 bits per heavy atom. The SMILES string of the molecule is O=C(O)C1=CN2C3CC4C(CC5CCCCC54)CC3OC3C(F)C(F)CC(C1=O)C32. The van der Waals surface area contributed by atoms with E-state index in [9.17, 15) is 23.5 Å². The first kappa shape index (κ1) is 19.2. The summed E-state index contributed by atoms with van der Waals surface area (Å²) in [6.45, 7) is 0. The van der Waals surface area contributed by atoms with Crippen molar-refractivity contribution in [3.8, 4) is 0 Å². The van der Waals surface area contributed by atoms with E-state index < -0.39 is 42.2 Å². The van der Waals surface area contributed by atoms with Gasteiger partial charge < -0.3 is 14.7 Å². The van der Waals surface area contributed by atoms with Crippen molar-refractivity contribution in [3.05, 3.63) is 11.8 Å². The number of hydrogen-bond donors (Lipinski definition) is 1. The quantitative estimate of drug-likeness (QED) is 0.659. The third-order valence-corrected chi connectivity index (χ3v) is 9.26. The molecule has 6 rings (SSSR count). The fourth-order valence-corrected chi connectivity index (χ4v) is 8.10. The smallest absolute Gasteiger partial charge is 0.340 e. The molecule has 5 nitrogen and oxygen atoms in total. The molecule has 11 atom stereocenters. The van der Waals surface area contributed by atoms with Crippen molar-refractivity contribution in [2.45, 2.75) is 88.0 Å². The monoisotopic (exact) mass is 421 g/mol. The third kappa shape index (κ3) is 2.59. The van der Waals surface area contributed by atoms with E-state index >= 15 is 0 Å². The molecule has 1 saturated heterocycles. The van der Waals surface area contributed by atoms with E-state index in [0.717, 1.165) is 24.7 Å². The van der Waals surface area contributed by atoms with Crippen LogP contribution in [-0.4, -0.2) is 58.4 Å². The van der Waals surface area contributed by atoms with Gasteiger partial charge in [0.15, 0.2) is 12.0 Å². The lowest BCUT2D eigenvalue weighted by Crippen LogP contribution is -2.70. The van der Waals surface area contributed by atoms with Gasteiger partial charge in [0, 0.05) is 12.1 Å². The number of ketones is 1. The highest BCUT2D eigenvalue weighted by atomic mass is 19.2. The minimum Gasteiger partial charge on any atom is -0.478 e. The second kappa shape index (κ2) is 6.75. The van der Waals surface area contributed by atoms with Crippen molar-refractivity contribution in [2.75, 3.05) is 0 Å². The maximum absolute atomic E-state index is 14.9. The van der Waals surface area contributed by atoms with Crippen LogP contribution >= 0.6 is 0 Å². The molecule has 164 valence electrons. The number of fused-ring (bicyclic) bond motifs is 5. The fraction of sp³-hybridized carbons (Fsp3) is 0.826. The number of carbonyl (C=O) groups excluding carboxylic acids is 1. The summed E-state index contributed by atoms with van der Waals surface area (Å²) in [4.78, 5) is 26.5. The van der Waals surface area contributed by atoms with E-state index in [2.05, 4.69) is 0 Å². The van der Waals surface area contributed by atoms with Crippen LogP contribution in [0.2, 0.25) is 0 Å². The fourth-order valence-electron chi connectivity index (χ4n) is 8.10. The number of rotatable bonds is 1. The molecular formula is C23H29F2NO4. The number of ether oxygens (including phenoxy) is 1. The molecule has 0 aromatic carbocycles. The molecule has 4 aliphatic carbocycles. The largest absolute Gasteiger partial charge is 0.478 e. The van der Waals surface area contributed by atoms with Gasteiger partial charge in [-0.2, -0.15) is 0 Å². The zero-order valence-electron chi connectivity index (χ0n) is 17.0. The first-order valence-electron chi connectivity index (χ1n) is 11.6. The standard InChI is InChI=1S/C23H29F2NO4/c24-16-7-14-20-22(19(16)25)30-18-6-11-5-10-3-1-2-4-12(10)13(11)8-17(18)26(20)9-15(21(14)27)23(28)29/h9-14,16-20,22H,1-8H2,(H,28,29). The Morgan fingerprint density at radius 3 is 2.67 bits per heavy atom. The zero-order chi connectivity index (χ0) is 20.7. The topological polar surface area (TPSA) is 66.8 Å². The minimum atomic E-state index is -1.79. The molecule has 1 N–H and O–H groups in total. The highest BCUT2D eigenvalue weighted by molar-refractivity contribution is 6.18. The van der Waals surface area contributed by atoms with Crippen LogP contribution in [0, 0.1) is 29.6 Å². The third-order valence-electron chi connectivity index (χ3n) is 9.26. The van der Waals surface area contributed by atoms with E-state index in [1.165, 1.54) is 38.3 Å². The average Bonchev–Trinajstić information content (AvgIpc) is 3.09. The van der Waals surface area contributed by atoms with Gasteiger partial charge in [-0.3, -0.25) is 4.79 Å². The summed E-state index contributed by atoms with van der Waals surface area (Å²) in [6, 6.07) is -0.648. The molecule has 0 bridgehead atoms. The van der Waals surface area contributed by atoms with Gasteiger partial charge in [-0.25, -0.2) is 13.6 Å². The Labute approximate surface area is 174 Å². The lowest BCUT2D eigenvalue weighted by molar-refractivity contribution is -0.218. The Hall–Kier alpha value is -1.50. The van der Waals surface area contributed by atoms with Gasteiger partial charge in [0.05, 0.1) is 18.2 Å². The molecular weight excluding hydrogens is 392 g/mol. The molecule has 6 aliphatic rings. The first-order valence-corrected chi connectivity index (χ1v) is 11.6. The van der Waals surface area contributed by atoms with E-state index in [-0.39, 0.29) is 24.1 Å². The van der Waals surface area contributed by atoms with Crippen LogP contribution in [0.5, 0.6) is 0 Å². The number of alkyl halides is 2. The normalized spacial score (nSPS) is 51.9. The van der Waals surface area contributed by atoms with Crippen LogP contribution in [-0.2, 0) is 14.3 Å². The van der Waals surface area contributed by atoms with Gasteiger partial charge in [-0.05, 0) is 55.8 Å². The summed E-state index contributed by atoms with van der Waals surface area (Å²) in [5, 5.41) is 9.60. The predicted molar refractivity (Wildman–Crippen MR) is 103 cm³/mol. The highest BCUT2D eigenvalue weighted by Gasteiger charge is 2.61. The number of carbonyl (C=O) groups is 2. The summed E-state index contributed by atoms with van der Waals surface area (Å²) in [5.74, 6) is -0.0658. The number of nitrogens with zero attached hydrogens (tertiary/aromatic N) is 1. The Balaban J connectivity index is 1.38. The van der Waals surface area contributed by atoms with Crippen LogP contribution in [0.4, 0.5) is 8.78 Å². The summed E-state index contributed by atoms with van der Waals surface area (Å²) >= 11 is 0. The number of carboxylic acids is 1. The summed E-state index contributed by atoms with van der Waals surface area (Å²) in [7, 11) is 0. The highest BCUT2D eigenvalue weighted by Crippen LogP contribution is 2.57. The van der Waals surface area contributed by atoms with Crippen molar-refractivity contribution in [3.63, 3.8) is 0 Å². The lowest BCUT2D eigenvalue weighted by atomic mass is 9.67. The Morgan fingerprint density at radius 2 is 1.87 bits per heavy atom. The number of halogens is 2. The van der Waals surface area contributed by atoms with Crippen molar-refractivity contribution >= 4 is 11.8 Å². The molecule has 0 amide bonds. The van der Waals surface area contributed by atoms with Crippen LogP contribution in [0.25, 0.3) is 0 Å². The molecule has 11 unspecified atom stereocenters. The predicted octanol–water partition coefficient (Wildman–Crippen LogP) is 3.28. The van der Waals surface area contributed by atoms with Crippen LogP contribution in [0.15, 0.2) is 11.8 Å². The van der Waals surface area contributed by atoms with Crippen LogP contribution in [0.3, 0.4) is 0 Å². The van der Waals surface area contributed by atoms with Crippen molar-refractivity contribution in [1.82, 2.24) is 4.90 Å². The van der Waals surface area contributed by atoms with Gasteiger partial charge >= 0.3 is 5.97 Å². The van der Waals surface area contributed by atoms with Crippen LogP contribution < -0.4 is 0 Å². The van der Waals surface area contributed by atoms with Crippen molar-refractivity contribution in [1.29, 1.82) is 0 Å². The molecule has 2 heterocycles. The average molecular weight is 421 g/mol. The van der Waals surface area contributed by atoms with Crippen LogP contribution in [0.1, 0.15) is 51.4 Å². The summed E-state index contributed by atoms with van der Waals surface area (Å²) in [5.41, 5.74) is -0.288. The molecule has 0 radical (unpaired) electrons. The summed E-state index contributed by atoms with van der Waals surface area (Å²) < 4.78 is 35.6. The molecule has 0 spiro atoms. The van der Waals surface area contributed by atoms with Gasteiger partial charge in [0.1, 0.15) is 17.8 Å². The number of aliphatic carboxylic acids is 1. The van der Waals surface area contributed by atoms with E-state index in [1.54, 1.807) is 0 Å². The second-order valence-corrected chi connectivity index (χ2v) is 10.5.